The molecule has 2 N–H and O–H groups in total. The summed E-state index contributed by atoms with van der Waals surface area (Å²) in [6, 6.07) is 7.94. The number of H-pyrrole nitrogens is 1. The lowest BCUT2D eigenvalue weighted by Crippen LogP contribution is -2.41. The van der Waals surface area contributed by atoms with Crippen LogP contribution >= 0.6 is 0 Å². The number of aromatic amines is 1. The van der Waals surface area contributed by atoms with E-state index in [9.17, 15) is 9.59 Å². The van der Waals surface area contributed by atoms with E-state index in [4.69, 9.17) is 0 Å². The molecule has 1 aliphatic rings. The lowest BCUT2D eigenvalue weighted by Gasteiger charge is -2.18. The van der Waals surface area contributed by atoms with Gasteiger partial charge in [0.1, 0.15) is 0 Å². The average Bonchev–Trinajstić information content (AvgIpc) is 3.15. The van der Waals surface area contributed by atoms with E-state index in [1.807, 2.05) is 24.3 Å². The molecule has 1 aromatic heterocycles. The molecule has 2 amide bonds. The number of benzene rings is 1. The van der Waals surface area contributed by atoms with Gasteiger partial charge in [-0.1, -0.05) is 31.0 Å². The number of carbonyl (C=O) groups excluding carboxylic acids is 2. The van der Waals surface area contributed by atoms with E-state index < -0.39 is 0 Å². The first-order valence-electron chi connectivity index (χ1n) is 7.76. The first kappa shape index (κ1) is 14.6. The highest BCUT2D eigenvalue weighted by molar-refractivity contribution is 6.07. The van der Waals surface area contributed by atoms with Gasteiger partial charge in [-0.3, -0.25) is 9.59 Å². The molecule has 22 heavy (non-hydrogen) atoms. The van der Waals surface area contributed by atoms with Crippen LogP contribution in [0.25, 0.3) is 10.9 Å². The fourth-order valence-electron chi connectivity index (χ4n) is 3.08. The lowest BCUT2D eigenvalue weighted by atomic mass is 10.1. The Morgan fingerprint density at radius 3 is 2.77 bits per heavy atom. The topological polar surface area (TPSA) is 65.2 Å². The molecule has 5 nitrogen and oxygen atoms in total. The van der Waals surface area contributed by atoms with E-state index in [0.717, 1.165) is 23.7 Å². The number of hydrogen-bond donors (Lipinski definition) is 2. The van der Waals surface area contributed by atoms with Gasteiger partial charge in [0.05, 0.1) is 12.1 Å². The molecule has 1 fully saturated rings. The number of fused-ring (bicyclic) bond motifs is 1. The second kappa shape index (κ2) is 6.22. The molecule has 0 radical (unpaired) electrons. The van der Waals surface area contributed by atoms with Gasteiger partial charge in [0.25, 0.3) is 5.91 Å². The maximum absolute atomic E-state index is 12.5. The van der Waals surface area contributed by atoms with E-state index in [1.165, 1.54) is 17.7 Å². The molecule has 1 heterocycles. The Morgan fingerprint density at radius 2 is 2.00 bits per heavy atom. The van der Waals surface area contributed by atoms with Crippen molar-refractivity contribution in [3.8, 4) is 0 Å². The second-order valence-corrected chi connectivity index (χ2v) is 5.96. The van der Waals surface area contributed by atoms with Gasteiger partial charge >= 0.3 is 0 Å². The average molecular weight is 299 g/mol. The Bertz CT molecular complexity index is 686. The zero-order valence-electron chi connectivity index (χ0n) is 12.8. The summed E-state index contributed by atoms with van der Waals surface area (Å²) in [4.78, 5) is 29.1. The van der Waals surface area contributed by atoms with Crippen molar-refractivity contribution < 1.29 is 9.59 Å². The smallest absolute Gasteiger partial charge is 0.256 e. The van der Waals surface area contributed by atoms with Gasteiger partial charge in [-0.05, 0) is 18.9 Å². The van der Waals surface area contributed by atoms with Crippen molar-refractivity contribution in [2.45, 2.75) is 31.7 Å². The quantitative estimate of drug-likeness (QED) is 0.910. The Kier molecular flexibility index (Phi) is 4.13. The third-order valence-electron chi connectivity index (χ3n) is 4.27. The Labute approximate surface area is 129 Å². The number of likely N-dealkylation sites (N-methyl/N-ethyl adjacent to an activating group) is 1. The van der Waals surface area contributed by atoms with E-state index in [1.54, 1.807) is 13.2 Å². The van der Waals surface area contributed by atoms with Gasteiger partial charge in [0, 0.05) is 30.2 Å². The summed E-state index contributed by atoms with van der Waals surface area (Å²) in [6.45, 7) is 0.0921. The van der Waals surface area contributed by atoms with Gasteiger partial charge in [-0.15, -0.1) is 0 Å². The fourth-order valence-corrected chi connectivity index (χ4v) is 3.08. The normalized spacial score (nSPS) is 15.1. The molecule has 0 saturated heterocycles. The largest absolute Gasteiger partial charge is 0.360 e. The number of nitrogens with zero attached hydrogens (tertiary/aromatic N) is 1. The van der Waals surface area contributed by atoms with Crippen LogP contribution < -0.4 is 5.32 Å². The number of para-hydroxylation sites is 1. The summed E-state index contributed by atoms with van der Waals surface area (Å²) in [5.41, 5.74) is 1.53. The molecular weight excluding hydrogens is 278 g/mol. The van der Waals surface area contributed by atoms with Crippen LogP contribution in [0.5, 0.6) is 0 Å². The minimum atomic E-state index is -0.140. The number of carbonyl (C=O) groups is 2. The van der Waals surface area contributed by atoms with Crippen molar-refractivity contribution >= 4 is 22.7 Å². The van der Waals surface area contributed by atoms with E-state index >= 15 is 0 Å². The van der Waals surface area contributed by atoms with E-state index in [0.29, 0.717) is 5.56 Å². The highest BCUT2D eigenvalue weighted by Crippen LogP contribution is 2.19. The Hall–Kier alpha value is -2.30. The van der Waals surface area contributed by atoms with Crippen LogP contribution in [0.2, 0.25) is 0 Å². The van der Waals surface area contributed by atoms with Gasteiger partial charge in [-0.2, -0.15) is 0 Å². The summed E-state index contributed by atoms with van der Waals surface area (Å²) in [5.74, 6) is -0.221. The van der Waals surface area contributed by atoms with Gasteiger partial charge in [0.15, 0.2) is 0 Å². The minimum absolute atomic E-state index is 0.0809. The number of nitrogens with one attached hydrogen (secondary N) is 2. The molecule has 0 atom stereocenters. The van der Waals surface area contributed by atoms with Crippen molar-refractivity contribution in [1.82, 2.24) is 15.2 Å². The molecule has 116 valence electrons. The maximum Gasteiger partial charge on any atom is 0.256 e. The van der Waals surface area contributed by atoms with Crippen LogP contribution in [0, 0.1) is 0 Å². The van der Waals surface area contributed by atoms with Crippen LogP contribution in [0.4, 0.5) is 0 Å². The second-order valence-electron chi connectivity index (χ2n) is 5.96. The maximum atomic E-state index is 12.5. The molecule has 0 aliphatic heterocycles. The summed E-state index contributed by atoms with van der Waals surface area (Å²) >= 11 is 0. The fraction of sp³-hybridized carbons (Fsp3) is 0.412. The number of aromatic nitrogens is 1. The van der Waals surface area contributed by atoms with Crippen molar-refractivity contribution in [3.05, 3.63) is 36.0 Å². The van der Waals surface area contributed by atoms with Gasteiger partial charge in [0.2, 0.25) is 5.91 Å². The number of hydrogen-bond acceptors (Lipinski definition) is 2. The van der Waals surface area contributed by atoms with Gasteiger partial charge < -0.3 is 15.2 Å². The molecule has 3 rings (SSSR count). The summed E-state index contributed by atoms with van der Waals surface area (Å²) in [7, 11) is 1.67. The van der Waals surface area contributed by atoms with Crippen LogP contribution in [0.1, 0.15) is 36.0 Å². The molecule has 5 heteroatoms. The highest BCUT2D eigenvalue weighted by atomic mass is 16.2. The van der Waals surface area contributed by atoms with Crippen molar-refractivity contribution in [1.29, 1.82) is 0 Å². The van der Waals surface area contributed by atoms with Gasteiger partial charge in [-0.25, -0.2) is 0 Å². The summed E-state index contributed by atoms with van der Waals surface area (Å²) in [6.07, 6.45) is 6.15. The third kappa shape index (κ3) is 2.98. The van der Waals surface area contributed by atoms with E-state index in [2.05, 4.69) is 10.3 Å². The number of amides is 2. The Morgan fingerprint density at radius 1 is 1.27 bits per heavy atom. The first-order chi connectivity index (χ1) is 10.6. The standard InChI is InChI=1S/C17H21N3O2/c1-20(11-16(21)19-12-6-2-3-7-12)17(22)14-10-18-15-9-5-4-8-13(14)15/h4-5,8-10,12,18H,2-3,6-7,11H2,1H3,(H,19,21). The molecular formula is C17H21N3O2. The zero-order valence-corrected chi connectivity index (χ0v) is 12.8. The molecule has 2 aromatic rings. The van der Waals surface area contributed by atoms with Crippen molar-refractivity contribution in [2.75, 3.05) is 13.6 Å². The zero-order chi connectivity index (χ0) is 15.5. The predicted molar refractivity (Wildman–Crippen MR) is 85.7 cm³/mol. The SMILES string of the molecule is CN(CC(=O)NC1CCCC1)C(=O)c1c[nH]c2ccccc12. The van der Waals surface area contributed by atoms with Crippen molar-refractivity contribution in [2.24, 2.45) is 0 Å². The van der Waals surface area contributed by atoms with Crippen LogP contribution in [0.15, 0.2) is 30.5 Å². The van der Waals surface area contributed by atoms with Crippen molar-refractivity contribution in [3.63, 3.8) is 0 Å². The first-order valence-corrected chi connectivity index (χ1v) is 7.76. The monoisotopic (exact) mass is 299 g/mol. The minimum Gasteiger partial charge on any atom is -0.360 e. The van der Waals surface area contributed by atoms with Crippen LogP contribution in [-0.2, 0) is 4.79 Å². The lowest BCUT2D eigenvalue weighted by molar-refractivity contribution is -0.122. The summed E-state index contributed by atoms with van der Waals surface area (Å²) < 4.78 is 0. The molecule has 1 aliphatic carbocycles. The van der Waals surface area contributed by atoms with Crippen LogP contribution in [-0.4, -0.2) is 41.3 Å². The number of rotatable bonds is 4. The Balaban J connectivity index is 1.65. The molecule has 0 bridgehead atoms. The molecule has 1 saturated carbocycles. The molecule has 0 spiro atoms. The highest BCUT2D eigenvalue weighted by Gasteiger charge is 2.21. The van der Waals surface area contributed by atoms with E-state index in [-0.39, 0.29) is 24.4 Å². The molecule has 0 unspecified atom stereocenters. The summed E-state index contributed by atoms with van der Waals surface area (Å²) in [5, 5.41) is 3.89. The predicted octanol–water partition coefficient (Wildman–Crippen LogP) is 2.30. The molecule has 1 aromatic carbocycles. The third-order valence-corrected chi connectivity index (χ3v) is 4.27. The van der Waals surface area contributed by atoms with Crippen LogP contribution in [0.3, 0.4) is 0 Å².